The van der Waals surface area contributed by atoms with E-state index in [1.165, 1.54) is 30.8 Å². The number of aromatic amines is 1. The molecule has 1 N–H and O–H groups in total. The average molecular weight is 256 g/mol. The quantitative estimate of drug-likeness (QED) is 0.912. The first kappa shape index (κ1) is 12.4. The summed E-state index contributed by atoms with van der Waals surface area (Å²) >= 11 is 0. The fourth-order valence-corrected chi connectivity index (χ4v) is 2.83. The van der Waals surface area contributed by atoms with Gasteiger partial charge in [-0.15, -0.1) is 0 Å². The van der Waals surface area contributed by atoms with Gasteiger partial charge in [0.25, 0.3) is 0 Å². The molecular formula is C15H20N4. The van der Waals surface area contributed by atoms with Crippen LogP contribution in [0.25, 0.3) is 0 Å². The Balaban J connectivity index is 1.54. The molecular weight excluding hydrogens is 236 g/mol. The maximum Gasteiger partial charge on any atom is 0.0490 e. The van der Waals surface area contributed by atoms with Crippen LogP contribution in [0.2, 0.25) is 0 Å². The lowest BCUT2D eigenvalue weighted by Gasteiger charge is -2.32. The van der Waals surface area contributed by atoms with Crippen LogP contribution in [-0.4, -0.2) is 39.7 Å². The Morgan fingerprint density at radius 3 is 3.05 bits per heavy atom. The molecule has 0 saturated carbocycles. The Labute approximate surface area is 113 Å². The van der Waals surface area contributed by atoms with Crippen molar-refractivity contribution in [3.05, 3.63) is 48.0 Å². The third kappa shape index (κ3) is 3.20. The van der Waals surface area contributed by atoms with Crippen molar-refractivity contribution in [2.24, 2.45) is 0 Å². The number of aromatic nitrogens is 3. The van der Waals surface area contributed by atoms with Crippen molar-refractivity contribution < 1.29 is 0 Å². The summed E-state index contributed by atoms with van der Waals surface area (Å²) in [6.07, 6.45) is 7.30. The highest BCUT2D eigenvalue weighted by Crippen LogP contribution is 2.25. The largest absolute Gasteiger partial charge is 0.302 e. The van der Waals surface area contributed by atoms with Gasteiger partial charge in [0.15, 0.2) is 0 Å². The maximum atomic E-state index is 4.39. The highest BCUT2D eigenvalue weighted by Gasteiger charge is 2.21. The molecule has 0 amide bonds. The van der Waals surface area contributed by atoms with Gasteiger partial charge in [0.05, 0.1) is 0 Å². The van der Waals surface area contributed by atoms with E-state index in [0.29, 0.717) is 5.92 Å². The Hall–Kier alpha value is -1.68. The number of hydrogen-bond donors (Lipinski definition) is 1. The van der Waals surface area contributed by atoms with Gasteiger partial charge in [0, 0.05) is 49.2 Å². The average Bonchev–Trinajstić information content (AvgIpc) is 3.01. The molecule has 4 nitrogen and oxygen atoms in total. The lowest BCUT2D eigenvalue weighted by atomic mass is 9.95. The van der Waals surface area contributed by atoms with Crippen molar-refractivity contribution in [1.29, 1.82) is 0 Å². The van der Waals surface area contributed by atoms with Gasteiger partial charge in [0.1, 0.15) is 0 Å². The number of rotatable bonds is 4. The molecule has 2 aromatic rings. The van der Waals surface area contributed by atoms with Crippen molar-refractivity contribution in [2.75, 3.05) is 19.6 Å². The summed E-state index contributed by atoms with van der Waals surface area (Å²) in [5.41, 5.74) is 2.47. The molecule has 3 heterocycles. The van der Waals surface area contributed by atoms with Crippen molar-refractivity contribution in [1.82, 2.24) is 20.1 Å². The van der Waals surface area contributed by atoms with Gasteiger partial charge >= 0.3 is 0 Å². The smallest absolute Gasteiger partial charge is 0.0490 e. The molecule has 0 aliphatic carbocycles. The van der Waals surface area contributed by atoms with Crippen molar-refractivity contribution in [3.63, 3.8) is 0 Å². The molecule has 0 bridgehead atoms. The predicted octanol–water partition coefficient (Wildman–Crippen LogP) is 2.23. The zero-order chi connectivity index (χ0) is 12.9. The van der Waals surface area contributed by atoms with Crippen LogP contribution in [0.1, 0.15) is 30.1 Å². The minimum atomic E-state index is 0.611. The summed E-state index contributed by atoms with van der Waals surface area (Å²) in [5.74, 6) is 0.611. The van der Waals surface area contributed by atoms with E-state index in [0.717, 1.165) is 19.5 Å². The van der Waals surface area contributed by atoms with Gasteiger partial charge < -0.3 is 4.90 Å². The Bertz CT molecular complexity index is 480. The molecule has 0 radical (unpaired) electrons. The molecule has 100 valence electrons. The standard InChI is InChI=1S/C15H20N4/c1-2-8-16-14(5-1)7-11-19-10-3-4-13(12-19)15-6-9-17-18-15/h1-2,5-6,8-9,13H,3-4,7,10-12H2,(H,17,18)/t13-/m0/s1. The topological polar surface area (TPSA) is 44.8 Å². The highest BCUT2D eigenvalue weighted by molar-refractivity contribution is 5.08. The summed E-state index contributed by atoms with van der Waals surface area (Å²) in [6.45, 7) is 3.44. The zero-order valence-corrected chi connectivity index (χ0v) is 11.1. The number of pyridine rings is 1. The van der Waals surface area contributed by atoms with E-state index < -0.39 is 0 Å². The fraction of sp³-hybridized carbons (Fsp3) is 0.467. The molecule has 3 rings (SSSR count). The molecule has 19 heavy (non-hydrogen) atoms. The van der Waals surface area contributed by atoms with Gasteiger partial charge in [-0.3, -0.25) is 10.1 Å². The van der Waals surface area contributed by atoms with E-state index in [1.807, 2.05) is 18.5 Å². The first-order chi connectivity index (χ1) is 9.42. The van der Waals surface area contributed by atoms with Crippen LogP contribution < -0.4 is 0 Å². The number of likely N-dealkylation sites (tertiary alicyclic amines) is 1. The summed E-state index contributed by atoms with van der Waals surface area (Å²) in [5, 5.41) is 7.17. The molecule has 1 aliphatic rings. The van der Waals surface area contributed by atoms with Crippen LogP contribution in [0, 0.1) is 0 Å². The Morgan fingerprint density at radius 2 is 2.26 bits per heavy atom. The van der Waals surface area contributed by atoms with Crippen molar-refractivity contribution in [3.8, 4) is 0 Å². The first-order valence-corrected chi connectivity index (χ1v) is 7.03. The summed E-state index contributed by atoms with van der Waals surface area (Å²) in [4.78, 5) is 6.93. The van der Waals surface area contributed by atoms with E-state index in [9.17, 15) is 0 Å². The number of hydrogen-bond acceptors (Lipinski definition) is 3. The predicted molar refractivity (Wildman–Crippen MR) is 74.9 cm³/mol. The summed E-state index contributed by atoms with van der Waals surface area (Å²) in [6, 6.07) is 8.24. The van der Waals surface area contributed by atoms with Crippen LogP contribution in [-0.2, 0) is 6.42 Å². The van der Waals surface area contributed by atoms with Crippen molar-refractivity contribution >= 4 is 0 Å². The number of nitrogens with one attached hydrogen (secondary N) is 1. The molecule has 1 fully saturated rings. The SMILES string of the molecule is c1ccc(CCN2CCC[C@H](c3ccn[nH]3)C2)nc1. The van der Waals surface area contributed by atoms with Crippen LogP contribution >= 0.6 is 0 Å². The monoisotopic (exact) mass is 256 g/mol. The summed E-state index contributed by atoms with van der Waals surface area (Å²) in [7, 11) is 0. The van der Waals surface area contributed by atoms with Gasteiger partial charge in [-0.25, -0.2) is 0 Å². The number of H-pyrrole nitrogens is 1. The Kier molecular flexibility index (Phi) is 3.89. The third-order valence-electron chi connectivity index (χ3n) is 3.88. The van der Waals surface area contributed by atoms with Gasteiger partial charge in [-0.05, 0) is 37.6 Å². The second-order valence-corrected chi connectivity index (χ2v) is 5.22. The zero-order valence-electron chi connectivity index (χ0n) is 11.1. The molecule has 2 aromatic heterocycles. The van der Waals surface area contributed by atoms with E-state index in [-0.39, 0.29) is 0 Å². The third-order valence-corrected chi connectivity index (χ3v) is 3.88. The maximum absolute atomic E-state index is 4.39. The molecule has 0 unspecified atom stereocenters. The van der Waals surface area contributed by atoms with Crippen LogP contribution in [0.4, 0.5) is 0 Å². The second-order valence-electron chi connectivity index (χ2n) is 5.22. The molecule has 1 atom stereocenters. The van der Waals surface area contributed by atoms with E-state index in [1.54, 1.807) is 0 Å². The van der Waals surface area contributed by atoms with Crippen molar-refractivity contribution in [2.45, 2.75) is 25.2 Å². The van der Waals surface area contributed by atoms with E-state index in [2.05, 4.69) is 38.3 Å². The molecule has 1 aliphatic heterocycles. The number of piperidine rings is 1. The minimum absolute atomic E-state index is 0.611. The minimum Gasteiger partial charge on any atom is -0.302 e. The fourth-order valence-electron chi connectivity index (χ4n) is 2.83. The first-order valence-electron chi connectivity index (χ1n) is 7.03. The molecule has 4 heteroatoms. The van der Waals surface area contributed by atoms with Gasteiger partial charge in [-0.1, -0.05) is 6.07 Å². The lowest BCUT2D eigenvalue weighted by Crippen LogP contribution is -2.36. The molecule has 1 saturated heterocycles. The second kappa shape index (κ2) is 5.97. The molecule has 0 spiro atoms. The van der Waals surface area contributed by atoms with Crippen LogP contribution in [0.15, 0.2) is 36.7 Å². The summed E-state index contributed by atoms with van der Waals surface area (Å²) < 4.78 is 0. The van der Waals surface area contributed by atoms with Gasteiger partial charge in [-0.2, -0.15) is 5.10 Å². The normalized spacial score (nSPS) is 20.5. The molecule has 0 aromatic carbocycles. The van der Waals surface area contributed by atoms with E-state index >= 15 is 0 Å². The van der Waals surface area contributed by atoms with Crippen LogP contribution in [0.3, 0.4) is 0 Å². The lowest BCUT2D eigenvalue weighted by molar-refractivity contribution is 0.208. The highest BCUT2D eigenvalue weighted by atomic mass is 15.1. The Morgan fingerprint density at radius 1 is 1.26 bits per heavy atom. The number of nitrogens with zero attached hydrogens (tertiary/aromatic N) is 3. The van der Waals surface area contributed by atoms with Crippen LogP contribution in [0.5, 0.6) is 0 Å². The van der Waals surface area contributed by atoms with Gasteiger partial charge in [0.2, 0.25) is 0 Å². The van der Waals surface area contributed by atoms with E-state index in [4.69, 9.17) is 0 Å².